The van der Waals surface area contributed by atoms with E-state index < -0.39 is 5.97 Å². The summed E-state index contributed by atoms with van der Waals surface area (Å²) in [4.78, 5) is 40.3. The number of hydrogen-bond donors (Lipinski definition) is 2. The highest BCUT2D eigenvalue weighted by molar-refractivity contribution is 6.05. The van der Waals surface area contributed by atoms with Crippen LogP contribution in [0.1, 0.15) is 64.2 Å². The van der Waals surface area contributed by atoms with Crippen LogP contribution in [0.25, 0.3) is 0 Å². The predicted octanol–water partition coefficient (Wildman–Crippen LogP) is 4.27. The van der Waals surface area contributed by atoms with Gasteiger partial charge in [-0.3, -0.25) is 4.79 Å². The highest BCUT2D eigenvalue weighted by atomic mass is 16.5. The molecule has 1 fully saturated rings. The Labute approximate surface area is 204 Å². The molecule has 1 amide bonds. The maximum atomic E-state index is 13.2. The lowest BCUT2D eigenvalue weighted by molar-refractivity contribution is 0.0454. The molecule has 1 aromatic heterocycles. The van der Waals surface area contributed by atoms with Gasteiger partial charge in [0.2, 0.25) is 11.9 Å². The molecule has 0 atom stereocenters. The van der Waals surface area contributed by atoms with Crippen molar-refractivity contribution in [2.24, 2.45) is 0 Å². The molecule has 3 aromatic rings. The van der Waals surface area contributed by atoms with Gasteiger partial charge >= 0.3 is 5.97 Å². The van der Waals surface area contributed by atoms with E-state index in [4.69, 9.17) is 10.5 Å². The number of esters is 1. The molecule has 1 aliphatic carbocycles. The molecule has 182 valence electrons. The third-order valence-corrected chi connectivity index (χ3v) is 6.16. The molecule has 3 N–H and O–H groups in total. The lowest BCUT2D eigenvalue weighted by Gasteiger charge is -2.31. The maximum Gasteiger partial charge on any atom is 0.339 e. The molecule has 0 radical (unpaired) electrons. The van der Waals surface area contributed by atoms with Crippen molar-refractivity contribution in [3.8, 4) is 0 Å². The van der Waals surface area contributed by atoms with Crippen molar-refractivity contribution in [2.75, 3.05) is 18.1 Å². The zero-order valence-electron chi connectivity index (χ0n) is 20.0. The summed E-state index contributed by atoms with van der Waals surface area (Å²) in [5.74, 6) is -0.359. The topological polar surface area (TPSA) is 123 Å². The number of benzene rings is 2. The van der Waals surface area contributed by atoms with Gasteiger partial charge in [0.25, 0.3) is 5.91 Å². The first-order valence-corrected chi connectivity index (χ1v) is 11.8. The summed E-state index contributed by atoms with van der Waals surface area (Å²) in [7, 11) is 1.80. The zero-order chi connectivity index (χ0) is 24.8. The highest BCUT2D eigenvalue weighted by Gasteiger charge is 2.26. The lowest BCUT2D eigenvalue weighted by atomic mass is 9.94. The number of ether oxygens (including phenoxy) is 1. The molecule has 9 nitrogen and oxygen atoms in total. The van der Waals surface area contributed by atoms with Gasteiger partial charge in [-0.25, -0.2) is 4.79 Å². The molecule has 4 rings (SSSR count). The summed E-state index contributed by atoms with van der Waals surface area (Å²) in [6.45, 7) is 1.78. The molecule has 0 bridgehead atoms. The van der Waals surface area contributed by atoms with Gasteiger partial charge in [0.05, 0.1) is 11.1 Å². The first-order valence-electron chi connectivity index (χ1n) is 11.8. The molecule has 0 spiro atoms. The van der Waals surface area contributed by atoms with E-state index in [0.29, 0.717) is 5.56 Å². The fourth-order valence-corrected chi connectivity index (χ4v) is 4.20. The minimum atomic E-state index is -0.627. The Morgan fingerprint density at radius 2 is 1.69 bits per heavy atom. The van der Waals surface area contributed by atoms with Crippen LogP contribution < -0.4 is 11.1 Å². The van der Waals surface area contributed by atoms with Crippen molar-refractivity contribution >= 4 is 29.5 Å². The lowest BCUT2D eigenvalue weighted by Crippen LogP contribution is -2.39. The van der Waals surface area contributed by atoms with Crippen LogP contribution in [-0.2, 0) is 11.3 Å². The number of nitrogen functional groups attached to an aromatic ring is 1. The number of nitrogens with zero attached hydrogens (tertiary/aromatic N) is 4. The van der Waals surface area contributed by atoms with Crippen LogP contribution >= 0.6 is 0 Å². The van der Waals surface area contributed by atoms with E-state index in [2.05, 4.69) is 20.3 Å². The van der Waals surface area contributed by atoms with E-state index in [1.807, 2.05) is 31.2 Å². The molecule has 0 aliphatic heterocycles. The predicted molar refractivity (Wildman–Crippen MR) is 133 cm³/mol. The smallest absolute Gasteiger partial charge is 0.339 e. The summed E-state index contributed by atoms with van der Waals surface area (Å²) in [5.41, 5.74) is 8.28. The number of carbonyl (C=O) groups is 2. The van der Waals surface area contributed by atoms with E-state index in [9.17, 15) is 9.59 Å². The fraction of sp³-hybridized carbons (Fsp3) is 0.346. The summed E-state index contributed by atoms with van der Waals surface area (Å²) < 4.78 is 5.46. The summed E-state index contributed by atoms with van der Waals surface area (Å²) in [6, 6.07) is 14.6. The van der Waals surface area contributed by atoms with Crippen LogP contribution in [0.5, 0.6) is 0 Å². The number of carbonyl (C=O) groups excluding carboxylic acids is 2. The van der Waals surface area contributed by atoms with E-state index in [1.54, 1.807) is 36.2 Å². The normalized spacial score (nSPS) is 13.8. The van der Waals surface area contributed by atoms with Gasteiger partial charge in [-0.2, -0.15) is 15.0 Å². The minimum Gasteiger partial charge on any atom is -0.454 e. The first kappa shape index (κ1) is 24.1. The zero-order valence-corrected chi connectivity index (χ0v) is 20.0. The standard InChI is InChI=1S/C26H30N6O3/c1-17-12-14-18(15-13-17)28-26-30-22(29-25(27)31-26)16-35-24(34)21-11-7-6-10-20(21)23(33)32(2)19-8-4-3-5-9-19/h6-7,10-15,19H,3-5,8-9,16H2,1-2H3,(H3,27,28,29,30,31). The Morgan fingerprint density at radius 1 is 1.00 bits per heavy atom. The number of anilines is 3. The van der Waals surface area contributed by atoms with Crippen LogP contribution in [0.4, 0.5) is 17.6 Å². The quantitative estimate of drug-likeness (QED) is 0.487. The van der Waals surface area contributed by atoms with Crippen molar-refractivity contribution in [3.05, 3.63) is 71.0 Å². The van der Waals surface area contributed by atoms with Crippen LogP contribution in [0.15, 0.2) is 48.5 Å². The largest absolute Gasteiger partial charge is 0.454 e. The van der Waals surface area contributed by atoms with Crippen LogP contribution in [0.3, 0.4) is 0 Å². The second-order valence-electron chi connectivity index (χ2n) is 8.75. The van der Waals surface area contributed by atoms with Gasteiger partial charge < -0.3 is 20.7 Å². The van der Waals surface area contributed by atoms with E-state index in [-0.39, 0.29) is 41.8 Å². The Kier molecular flexibility index (Phi) is 7.54. The molecule has 0 unspecified atom stereocenters. The number of aromatic nitrogens is 3. The molecule has 35 heavy (non-hydrogen) atoms. The average Bonchev–Trinajstić information content (AvgIpc) is 2.88. The number of hydrogen-bond acceptors (Lipinski definition) is 8. The molecular weight excluding hydrogens is 444 g/mol. The molecule has 0 saturated heterocycles. The number of amides is 1. The van der Waals surface area contributed by atoms with Crippen molar-refractivity contribution in [1.29, 1.82) is 0 Å². The monoisotopic (exact) mass is 474 g/mol. The molecule has 9 heteroatoms. The van der Waals surface area contributed by atoms with Crippen molar-refractivity contribution in [1.82, 2.24) is 19.9 Å². The molecule has 2 aromatic carbocycles. The minimum absolute atomic E-state index is 0.00495. The Bertz CT molecular complexity index is 1190. The van der Waals surface area contributed by atoms with E-state index in [0.717, 1.165) is 36.9 Å². The van der Waals surface area contributed by atoms with Crippen LogP contribution in [0.2, 0.25) is 0 Å². The molecular formula is C26H30N6O3. The highest BCUT2D eigenvalue weighted by Crippen LogP contribution is 2.24. The van der Waals surface area contributed by atoms with Crippen LogP contribution in [0, 0.1) is 6.92 Å². The van der Waals surface area contributed by atoms with Gasteiger partial charge in [0.1, 0.15) is 0 Å². The first-order chi connectivity index (χ1) is 16.9. The third kappa shape index (κ3) is 6.11. The van der Waals surface area contributed by atoms with Crippen molar-refractivity contribution < 1.29 is 14.3 Å². The summed E-state index contributed by atoms with van der Waals surface area (Å²) in [5, 5.41) is 3.07. The number of nitrogens with one attached hydrogen (secondary N) is 1. The average molecular weight is 475 g/mol. The Balaban J connectivity index is 1.45. The molecule has 1 saturated carbocycles. The summed E-state index contributed by atoms with van der Waals surface area (Å²) in [6.07, 6.45) is 5.39. The van der Waals surface area contributed by atoms with Crippen molar-refractivity contribution in [3.63, 3.8) is 0 Å². The van der Waals surface area contributed by atoms with Gasteiger partial charge in [0, 0.05) is 18.8 Å². The van der Waals surface area contributed by atoms with Gasteiger partial charge in [0.15, 0.2) is 12.4 Å². The van der Waals surface area contributed by atoms with Gasteiger partial charge in [-0.05, 0) is 44.0 Å². The molecule has 1 aliphatic rings. The Morgan fingerprint density at radius 3 is 2.40 bits per heavy atom. The van der Waals surface area contributed by atoms with E-state index >= 15 is 0 Å². The third-order valence-electron chi connectivity index (χ3n) is 6.16. The van der Waals surface area contributed by atoms with E-state index in [1.165, 1.54) is 6.42 Å². The van der Waals surface area contributed by atoms with Gasteiger partial charge in [-0.1, -0.05) is 49.1 Å². The number of nitrogens with two attached hydrogens (primary N) is 1. The van der Waals surface area contributed by atoms with Crippen LogP contribution in [-0.4, -0.2) is 44.8 Å². The second kappa shape index (κ2) is 10.9. The van der Waals surface area contributed by atoms with Crippen molar-refractivity contribution in [2.45, 2.75) is 51.7 Å². The SMILES string of the molecule is Cc1ccc(Nc2nc(N)nc(COC(=O)c3ccccc3C(=O)N(C)C3CCCCC3)n2)cc1. The van der Waals surface area contributed by atoms with Gasteiger partial charge in [-0.15, -0.1) is 0 Å². The number of aryl methyl sites for hydroxylation is 1. The second-order valence-corrected chi connectivity index (χ2v) is 8.75. The molecule has 1 heterocycles. The fourth-order valence-electron chi connectivity index (χ4n) is 4.20. The Hall–Kier alpha value is -4.01. The summed E-state index contributed by atoms with van der Waals surface area (Å²) >= 11 is 0. The maximum absolute atomic E-state index is 13.2. The number of rotatable bonds is 7.